The van der Waals surface area contributed by atoms with Crippen LogP contribution < -0.4 is 10.6 Å². The molecule has 2 aromatic carbocycles. The van der Waals surface area contributed by atoms with Gasteiger partial charge in [0.15, 0.2) is 0 Å². The van der Waals surface area contributed by atoms with E-state index in [1.165, 1.54) is 24.3 Å². The predicted molar refractivity (Wildman–Crippen MR) is 99.9 cm³/mol. The number of nitrogens with one attached hydrogen (secondary N) is 2. The minimum absolute atomic E-state index is 0.0225. The molecular formula is C19H20ClF2N3O. The van der Waals surface area contributed by atoms with Crippen LogP contribution in [0.1, 0.15) is 23.2 Å². The minimum Gasteiger partial charge on any atom is -0.380 e. The molecule has 0 spiro atoms. The summed E-state index contributed by atoms with van der Waals surface area (Å²) in [5, 5.41) is 5.91. The first-order chi connectivity index (χ1) is 12.4. The van der Waals surface area contributed by atoms with Crippen molar-refractivity contribution in [1.82, 2.24) is 4.90 Å². The molecule has 0 saturated carbocycles. The van der Waals surface area contributed by atoms with Gasteiger partial charge >= 0.3 is 0 Å². The number of nitrogens with zero attached hydrogens (tertiary/aromatic N) is 1. The Morgan fingerprint density at radius 1 is 1.15 bits per heavy atom. The number of rotatable bonds is 4. The Balaban J connectivity index is 1.71. The summed E-state index contributed by atoms with van der Waals surface area (Å²) in [6.07, 6.45) is 1.86. The van der Waals surface area contributed by atoms with E-state index in [1.54, 1.807) is 6.07 Å². The number of carbonyl (C=O) groups is 1. The van der Waals surface area contributed by atoms with Crippen LogP contribution in [0.5, 0.6) is 0 Å². The van der Waals surface area contributed by atoms with Gasteiger partial charge in [-0.15, -0.1) is 0 Å². The lowest BCUT2D eigenvalue weighted by Gasteiger charge is -2.30. The molecule has 0 bridgehead atoms. The molecule has 7 heteroatoms. The van der Waals surface area contributed by atoms with E-state index in [0.29, 0.717) is 11.4 Å². The summed E-state index contributed by atoms with van der Waals surface area (Å²) in [5.41, 5.74) is 0.942. The third-order valence-electron chi connectivity index (χ3n) is 4.48. The van der Waals surface area contributed by atoms with Crippen LogP contribution >= 0.6 is 11.6 Å². The zero-order valence-electron chi connectivity index (χ0n) is 14.4. The fourth-order valence-corrected chi connectivity index (χ4v) is 3.21. The van der Waals surface area contributed by atoms with Crippen LogP contribution in [0, 0.1) is 11.6 Å². The Hall–Kier alpha value is -2.18. The number of hydrogen-bond acceptors (Lipinski definition) is 3. The number of halogens is 3. The van der Waals surface area contributed by atoms with E-state index in [4.69, 9.17) is 11.6 Å². The molecule has 0 aromatic heterocycles. The monoisotopic (exact) mass is 379 g/mol. The first-order valence-electron chi connectivity index (χ1n) is 8.43. The summed E-state index contributed by atoms with van der Waals surface area (Å²) in [6.45, 7) is 1.91. The fraction of sp³-hybridized carbons (Fsp3) is 0.316. The number of amides is 1. The Bertz CT molecular complexity index is 807. The molecule has 1 aliphatic rings. The highest BCUT2D eigenvalue weighted by Gasteiger charge is 2.18. The first kappa shape index (κ1) is 18.6. The average Bonchev–Trinajstić information content (AvgIpc) is 2.59. The van der Waals surface area contributed by atoms with Gasteiger partial charge in [0, 0.05) is 11.7 Å². The summed E-state index contributed by atoms with van der Waals surface area (Å²) in [4.78, 5) is 14.6. The Kier molecular flexibility index (Phi) is 5.74. The third-order valence-corrected chi connectivity index (χ3v) is 4.79. The van der Waals surface area contributed by atoms with Crippen LogP contribution in [-0.4, -0.2) is 37.0 Å². The minimum atomic E-state index is -0.516. The molecule has 0 aliphatic carbocycles. The van der Waals surface area contributed by atoms with Crippen molar-refractivity contribution in [2.24, 2.45) is 0 Å². The van der Waals surface area contributed by atoms with Crippen molar-refractivity contribution < 1.29 is 13.6 Å². The summed E-state index contributed by atoms with van der Waals surface area (Å²) >= 11 is 5.91. The number of likely N-dealkylation sites (tertiary alicyclic amines) is 1. The predicted octanol–water partition coefficient (Wildman–Crippen LogP) is 4.38. The maximum Gasteiger partial charge on any atom is 0.257 e. The highest BCUT2D eigenvalue weighted by molar-refractivity contribution is 6.34. The Labute approximate surface area is 156 Å². The first-order valence-corrected chi connectivity index (χ1v) is 8.81. The van der Waals surface area contributed by atoms with Gasteiger partial charge in [0.2, 0.25) is 0 Å². The molecule has 3 rings (SSSR count). The Morgan fingerprint density at radius 3 is 2.58 bits per heavy atom. The van der Waals surface area contributed by atoms with Gasteiger partial charge in [0.25, 0.3) is 5.91 Å². The summed E-state index contributed by atoms with van der Waals surface area (Å²) < 4.78 is 27.2. The molecule has 26 heavy (non-hydrogen) atoms. The number of anilines is 2. The molecule has 1 saturated heterocycles. The van der Waals surface area contributed by atoms with Gasteiger partial charge in [-0.1, -0.05) is 11.6 Å². The highest BCUT2D eigenvalue weighted by Crippen LogP contribution is 2.24. The van der Waals surface area contributed by atoms with E-state index >= 15 is 0 Å². The number of benzene rings is 2. The summed E-state index contributed by atoms with van der Waals surface area (Å²) in [6, 6.07) is 8.09. The molecule has 4 nitrogen and oxygen atoms in total. The van der Waals surface area contributed by atoms with Crippen LogP contribution in [-0.2, 0) is 0 Å². The van der Waals surface area contributed by atoms with E-state index in [0.717, 1.165) is 32.0 Å². The summed E-state index contributed by atoms with van der Waals surface area (Å²) in [5.74, 6) is -1.37. The number of carbonyl (C=O) groups excluding carboxylic acids is 1. The van der Waals surface area contributed by atoms with Crippen LogP contribution in [0.4, 0.5) is 20.2 Å². The lowest BCUT2D eigenvalue weighted by molar-refractivity contribution is 0.102. The van der Waals surface area contributed by atoms with Crippen molar-refractivity contribution in [3.8, 4) is 0 Å². The van der Waals surface area contributed by atoms with E-state index in [2.05, 4.69) is 22.6 Å². The topological polar surface area (TPSA) is 44.4 Å². The van der Waals surface area contributed by atoms with Crippen LogP contribution in [0.15, 0.2) is 36.4 Å². The molecule has 2 N–H and O–H groups in total. The zero-order chi connectivity index (χ0) is 18.7. The van der Waals surface area contributed by atoms with Crippen molar-refractivity contribution in [1.29, 1.82) is 0 Å². The van der Waals surface area contributed by atoms with Gasteiger partial charge in [0.05, 0.1) is 16.3 Å². The maximum atomic E-state index is 14.1. The smallest absolute Gasteiger partial charge is 0.257 e. The van der Waals surface area contributed by atoms with E-state index in [-0.39, 0.29) is 22.4 Å². The van der Waals surface area contributed by atoms with Gasteiger partial charge in [-0.3, -0.25) is 4.79 Å². The van der Waals surface area contributed by atoms with Crippen LogP contribution in [0.25, 0.3) is 0 Å². The SMILES string of the molecule is CN1CCC(Nc2cc(NC(=O)c3ccc(F)cc3Cl)ccc2F)CC1. The molecule has 0 atom stereocenters. The second kappa shape index (κ2) is 8.01. The van der Waals surface area contributed by atoms with Crippen molar-refractivity contribution in [2.45, 2.75) is 18.9 Å². The van der Waals surface area contributed by atoms with E-state index in [1.807, 2.05) is 0 Å². The molecule has 1 fully saturated rings. The second-order valence-electron chi connectivity index (χ2n) is 6.49. The van der Waals surface area contributed by atoms with Gasteiger partial charge < -0.3 is 15.5 Å². The lowest BCUT2D eigenvalue weighted by Crippen LogP contribution is -2.36. The average molecular weight is 380 g/mol. The molecule has 1 amide bonds. The van der Waals surface area contributed by atoms with Crippen LogP contribution in [0.2, 0.25) is 5.02 Å². The molecule has 138 valence electrons. The highest BCUT2D eigenvalue weighted by atomic mass is 35.5. The molecule has 1 aliphatic heterocycles. The molecule has 1 heterocycles. The van der Waals surface area contributed by atoms with E-state index in [9.17, 15) is 13.6 Å². The third kappa shape index (κ3) is 4.51. The van der Waals surface area contributed by atoms with E-state index < -0.39 is 11.7 Å². The van der Waals surface area contributed by atoms with Crippen molar-refractivity contribution in [2.75, 3.05) is 30.8 Å². The maximum absolute atomic E-state index is 14.1. The van der Waals surface area contributed by atoms with Crippen LogP contribution in [0.3, 0.4) is 0 Å². The van der Waals surface area contributed by atoms with Gasteiger partial charge in [-0.25, -0.2) is 8.78 Å². The second-order valence-corrected chi connectivity index (χ2v) is 6.90. The van der Waals surface area contributed by atoms with Gasteiger partial charge in [0.1, 0.15) is 11.6 Å². The van der Waals surface area contributed by atoms with Gasteiger partial charge in [-0.2, -0.15) is 0 Å². The van der Waals surface area contributed by atoms with Crippen molar-refractivity contribution >= 4 is 28.9 Å². The lowest BCUT2D eigenvalue weighted by atomic mass is 10.1. The quantitative estimate of drug-likeness (QED) is 0.828. The molecular weight excluding hydrogens is 360 g/mol. The normalized spacial score (nSPS) is 15.7. The number of hydrogen-bond donors (Lipinski definition) is 2. The number of piperidine rings is 1. The van der Waals surface area contributed by atoms with Gasteiger partial charge in [-0.05, 0) is 69.4 Å². The largest absolute Gasteiger partial charge is 0.380 e. The Morgan fingerprint density at radius 2 is 1.88 bits per heavy atom. The summed E-state index contributed by atoms with van der Waals surface area (Å²) in [7, 11) is 2.06. The van der Waals surface area contributed by atoms with Crippen molar-refractivity contribution in [3.63, 3.8) is 0 Å². The van der Waals surface area contributed by atoms with Crippen molar-refractivity contribution in [3.05, 3.63) is 58.6 Å². The zero-order valence-corrected chi connectivity index (χ0v) is 15.1. The standard InChI is InChI=1S/C19H20ClF2N3O/c1-25-8-6-13(7-9-25)23-18-11-14(3-5-17(18)22)24-19(26)15-4-2-12(21)10-16(15)20/h2-5,10-11,13,23H,6-9H2,1H3,(H,24,26). The molecule has 0 radical (unpaired) electrons. The molecule has 0 unspecified atom stereocenters. The fourth-order valence-electron chi connectivity index (χ4n) is 2.96. The molecule has 2 aromatic rings.